The van der Waals surface area contributed by atoms with E-state index < -0.39 is 0 Å². The summed E-state index contributed by atoms with van der Waals surface area (Å²) in [6.07, 6.45) is 4.82. The molecule has 0 spiro atoms. The SMILES string of the molecule is CCCCCC(C)(C)CNC(=O)c1ccc(N)c(Br)c1. The molecule has 1 aromatic carbocycles. The summed E-state index contributed by atoms with van der Waals surface area (Å²) in [5.74, 6) is -0.0470. The number of nitrogen functional groups attached to an aromatic ring is 1. The van der Waals surface area contributed by atoms with Crippen LogP contribution in [0.4, 0.5) is 5.69 Å². The number of hydrogen-bond donors (Lipinski definition) is 2. The second kappa shape index (κ2) is 7.67. The number of nitrogens with one attached hydrogen (secondary N) is 1. The van der Waals surface area contributed by atoms with Crippen LogP contribution in [0.3, 0.4) is 0 Å². The van der Waals surface area contributed by atoms with Gasteiger partial charge < -0.3 is 11.1 Å². The first-order chi connectivity index (χ1) is 9.35. The van der Waals surface area contributed by atoms with Crippen molar-refractivity contribution in [2.45, 2.75) is 46.5 Å². The Kier molecular flexibility index (Phi) is 6.53. The predicted molar refractivity (Wildman–Crippen MR) is 88.8 cm³/mol. The Morgan fingerprint density at radius 1 is 1.35 bits per heavy atom. The van der Waals surface area contributed by atoms with E-state index in [4.69, 9.17) is 5.73 Å². The molecular weight excluding hydrogens is 316 g/mol. The summed E-state index contributed by atoms with van der Waals surface area (Å²) >= 11 is 3.34. The number of hydrogen-bond acceptors (Lipinski definition) is 2. The minimum absolute atomic E-state index is 0.0470. The molecule has 0 saturated carbocycles. The molecule has 0 fully saturated rings. The standard InChI is InChI=1S/C16H25BrN2O/c1-4-5-6-9-16(2,3)11-19-15(20)12-7-8-14(18)13(17)10-12/h7-8,10H,4-6,9,11,18H2,1-3H3,(H,19,20). The number of unbranched alkanes of at least 4 members (excludes halogenated alkanes) is 2. The van der Waals surface area contributed by atoms with E-state index in [9.17, 15) is 4.79 Å². The van der Waals surface area contributed by atoms with Crippen LogP contribution in [-0.4, -0.2) is 12.5 Å². The second-order valence-corrected chi connectivity index (χ2v) is 6.89. The number of amides is 1. The highest BCUT2D eigenvalue weighted by Gasteiger charge is 2.18. The molecule has 0 unspecified atom stereocenters. The van der Waals surface area contributed by atoms with Gasteiger partial charge in [0, 0.05) is 22.3 Å². The van der Waals surface area contributed by atoms with Crippen LogP contribution < -0.4 is 11.1 Å². The Morgan fingerprint density at radius 3 is 2.65 bits per heavy atom. The summed E-state index contributed by atoms with van der Waals surface area (Å²) < 4.78 is 0.757. The van der Waals surface area contributed by atoms with Crippen LogP contribution in [-0.2, 0) is 0 Å². The van der Waals surface area contributed by atoms with Crippen molar-refractivity contribution in [1.29, 1.82) is 0 Å². The van der Waals surface area contributed by atoms with Crippen molar-refractivity contribution >= 4 is 27.5 Å². The number of halogens is 1. The van der Waals surface area contributed by atoms with Gasteiger partial charge in [-0.1, -0.05) is 40.0 Å². The zero-order valence-corrected chi connectivity index (χ0v) is 14.2. The van der Waals surface area contributed by atoms with Crippen molar-refractivity contribution in [2.75, 3.05) is 12.3 Å². The Bertz CT molecular complexity index is 458. The molecular formula is C16H25BrN2O. The van der Waals surface area contributed by atoms with Gasteiger partial charge in [-0.3, -0.25) is 4.79 Å². The minimum Gasteiger partial charge on any atom is -0.398 e. The van der Waals surface area contributed by atoms with E-state index in [1.54, 1.807) is 18.2 Å². The first-order valence-electron chi connectivity index (χ1n) is 7.19. The summed E-state index contributed by atoms with van der Waals surface area (Å²) in [5.41, 5.74) is 7.13. The highest BCUT2D eigenvalue weighted by atomic mass is 79.9. The van der Waals surface area contributed by atoms with Crippen molar-refractivity contribution in [3.8, 4) is 0 Å². The zero-order chi connectivity index (χ0) is 15.2. The molecule has 4 heteroatoms. The molecule has 1 aromatic rings. The number of nitrogens with two attached hydrogens (primary N) is 1. The summed E-state index contributed by atoms with van der Waals surface area (Å²) in [5, 5.41) is 3.01. The molecule has 112 valence electrons. The Balaban J connectivity index is 2.51. The molecule has 3 N–H and O–H groups in total. The normalized spacial score (nSPS) is 11.4. The van der Waals surface area contributed by atoms with E-state index in [2.05, 4.69) is 42.0 Å². The van der Waals surface area contributed by atoms with Crippen molar-refractivity contribution < 1.29 is 4.79 Å². The average molecular weight is 341 g/mol. The molecule has 0 aliphatic rings. The van der Waals surface area contributed by atoms with E-state index in [1.165, 1.54) is 19.3 Å². The Hall–Kier alpha value is -1.03. The fourth-order valence-electron chi connectivity index (χ4n) is 2.03. The van der Waals surface area contributed by atoms with Crippen molar-refractivity contribution in [3.05, 3.63) is 28.2 Å². The van der Waals surface area contributed by atoms with E-state index in [0.717, 1.165) is 10.9 Å². The topological polar surface area (TPSA) is 55.1 Å². The lowest BCUT2D eigenvalue weighted by Gasteiger charge is -2.25. The summed E-state index contributed by atoms with van der Waals surface area (Å²) in [6, 6.07) is 5.25. The average Bonchev–Trinajstić information content (AvgIpc) is 2.39. The molecule has 0 aliphatic heterocycles. The lowest BCUT2D eigenvalue weighted by molar-refractivity contribution is 0.0934. The molecule has 1 amide bonds. The first-order valence-corrected chi connectivity index (χ1v) is 7.98. The number of anilines is 1. The summed E-state index contributed by atoms with van der Waals surface area (Å²) in [6.45, 7) is 7.29. The number of carbonyl (C=O) groups is 1. The molecule has 0 saturated heterocycles. The van der Waals surface area contributed by atoms with Crippen molar-refractivity contribution in [1.82, 2.24) is 5.32 Å². The van der Waals surface area contributed by atoms with Crippen LogP contribution in [0.1, 0.15) is 56.8 Å². The Morgan fingerprint density at radius 2 is 2.05 bits per heavy atom. The maximum atomic E-state index is 12.1. The fourth-order valence-corrected chi connectivity index (χ4v) is 2.41. The van der Waals surface area contributed by atoms with Gasteiger partial charge in [0.2, 0.25) is 0 Å². The molecule has 0 radical (unpaired) electrons. The predicted octanol–water partition coefficient (Wildman–Crippen LogP) is 4.37. The van der Waals surface area contributed by atoms with Gasteiger partial charge in [0.05, 0.1) is 0 Å². The molecule has 1 rings (SSSR count). The van der Waals surface area contributed by atoms with Gasteiger partial charge in [-0.05, 0) is 46.0 Å². The molecule has 0 aliphatic carbocycles. The van der Waals surface area contributed by atoms with Crippen LogP contribution in [0.15, 0.2) is 22.7 Å². The number of carbonyl (C=O) groups excluding carboxylic acids is 1. The maximum Gasteiger partial charge on any atom is 0.251 e. The fraction of sp³-hybridized carbons (Fsp3) is 0.562. The van der Waals surface area contributed by atoms with Crippen molar-refractivity contribution in [2.24, 2.45) is 5.41 Å². The largest absolute Gasteiger partial charge is 0.398 e. The third-order valence-corrected chi connectivity index (χ3v) is 4.13. The van der Waals surface area contributed by atoms with Gasteiger partial charge in [0.25, 0.3) is 5.91 Å². The van der Waals surface area contributed by atoms with Crippen LogP contribution >= 0.6 is 15.9 Å². The molecule has 0 heterocycles. The molecule has 20 heavy (non-hydrogen) atoms. The maximum absolute atomic E-state index is 12.1. The third-order valence-electron chi connectivity index (χ3n) is 3.45. The molecule has 0 aromatic heterocycles. The van der Waals surface area contributed by atoms with Gasteiger partial charge in [0.15, 0.2) is 0 Å². The van der Waals surface area contributed by atoms with Crippen LogP contribution in [0.2, 0.25) is 0 Å². The lowest BCUT2D eigenvalue weighted by atomic mass is 9.87. The highest BCUT2D eigenvalue weighted by molar-refractivity contribution is 9.10. The molecule has 0 bridgehead atoms. The van der Waals surface area contributed by atoms with Crippen LogP contribution in [0.5, 0.6) is 0 Å². The quantitative estimate of drug-likeness (QED) is 0.572. The van der Waals surface area contributed by atoms with Gasteiger partial charge in [-0.2, -0.15) is 0 Å². The van der Waals surface area contributed by atoms with Crippen molar-refractivity contribution in [3.63, 3.8) is 0 Å². The number of rotatable bonds is 7. The van der Waals surface area contributed by atoms with Gasteiger partial charge in [-0.15, -0.1) is 0 Å². The van der Waals surface area contributed by atoms with E-state index >= 15 is 0 Å². The highest BCUT2D eigenvalue weighted by Crippen LogP contribution is 2.23. The second-order valence-electron chi connectivity index (χ2n) is 6.04. The Labute approximate surface area is 130 Å². The van der Waals surface area contributed by atoms with Gasteiger partial charge in [-0.25, -0.2) is 0 Å². The lowest BCUT2D eigenvalue weighted by Crippen LogP contribution is -2.34. The third kappa shape index (κ3) is 5.53. The monoisotopic (exact) mass is 340 g/mol. The molecule has 0 atom stereocenters. The minimum atomic E-state index is -0.0470. The van der Waals surface area contributed by atoms with E-state index in [1.807, 2.05) is 0 Å². The van der Waals surface area contributed by atoms with Crippen LogP contribution in [0.25, 0.3) is 0 Å². The molecule has 3 nitrogen and oxygen atoms in total. The van der Waals surface area contributed by atoms with E-state index in [-0.39, 0.29) is 11.3 Å². The smallest absolute Gasteiger partial charge is 0.251 e. The first kappa shape index (κ1) is 17.0. The number of benzene rings is 1. The zero-order valence-electron chi connectivity index (χ0n) is 12.6. The van der Waals surface area contributed by atoms with Crippen LogP contribution in [0, 0.1) is 5.41 Å². The van der Waals surface area contributed by atoms with Gasteiger partial charge in [0.1, 0.15) is 0 Å². The van der Waals surface area contributed by atoms with E-state index in [0.29, 0.717) is 17.8 Å². The summed E-state index contributed by atoms with van der Waals surface area (Å²) in [4.78, 5) is 12.1. The summed E-state index contributed by atoms with van der Waals surface area (Å²) in [7, 11) is 0. The van der Waals surface area contributed by atoms with Gasteiger partial charge >= 0.3 is 0 Å².